The predicted octanol–water partition coefficient (Wildman–Crippen LogP) is 2.97. The van der Waals surface area contributed by atoms with E-state index >= 15 is 0 Å². The molecule has 0 fully saturated rings. The topological polar surface area (TPSA) is 43.6 Å². The molecule has 0 radical (unpaired) electrons. The number of ketones is 1. The van der Waals surface area contributed by atoms with Gasteiger partial charge in [-0.25, -0.2) is 9.37 Å². The summed E-state index contributed by atoms with van der Waals surface area (Å²) in [6, 6.07) is 4.20. The minimum absolute atomic E-state index is 0.129. The molecule has 3 aromatic rings. The largest absolute Gasteiger partial charge is 0.494 e. The van der Waals surface area contributed by atoms with Gasteiger partial charge in [0.05, 0.1) is 19.2 Å². The zero-order chi connectivity index (χ0) is 14.1. The van der Waals surface area contributed by atoms with Gasteiger partial charge in [-0.15, -0.1) is 11.3 Å². The molecule has 0 N–H and O–H groups in total. The molecule has 3 rings (SSSR count). The third-order valence-corrected chi connectivity index (χ3v) is 3.73. The first-order valence-corrected chi connectivity index (χ1v) is 6.83. The van der Waals surface area contributed by atoms with Crippen LogP contribution in [0.1, 0.15) is 16.1 Å². The number of rotatable bonds is 4. The Kier molecular flexibility index (Phi) is 3.23. The summed E-state index contributed by atoms with van der Waals surface area (Å²) in [7, 11) is 1.39. The molecule has 0 unspecified atom stereocenters. The van der Waals surface area contributed by atoms with Crippen LogP contribution in [0.3, 0.4) is 0 Å². The van der Waals surface area contributed by atoms with E-state index in [9.17, 15) is 9.18 Å². The van der Waals surface area contributed by atoms with Gasteiger partial charge < -0.3 is 4.74 Å². The van der Waals surface area contributed by atoms with Crippen molar-refractivity contribution in [3.8, 4) is 5.75 Å². The van der Waals surface area contributed by atoms with E-state index in [1.165, 1.54) is 30.6 Å². The Morgan fingerprint density at radius 3 is 3.05 bits per heavy atom. The Labute approximate surface area is 118 Å². The summed E-state index contributed by atoms with van der Waals surface area (Å²) in [4.78, 5) is 17.3. The summed E-state index contributed by atoms with van der Waals surface area (Å²) in [6.07, 6.45) is 3.85. The van der Waals surface area contributed by atoms with Gasteiger partial charge in [0, 0.05) is 23.3 Å². The molecule has 0 aliphatic carbocycles. The Morgan fingerprint density at radius 2 is 2.35 bits per heavy atom. The lowest BCUT2D eigenvalue weighted by Crippen LogP contribution is -2.04. The van der Waals surface area contributed by atoms with Crippen molar-refractivity contribution in [2.45, 2.75) is 6.42 Å². The fraction of sp³-hybridized carbons (Fsp3) is 0.143. The second kappa shape index (κ2) is 5.05. The predicted molar refractivity (Wildman–Crippen MR) is 74.1 cm³/mol. The van der Waals surface area contributed by atoms with Gasteiger partial charge in [-0.05, 0) is 18.2 Å². The fourth-order valence-electron chi connectivity index (χ4n) is 1.97. The highest BCUT2D eigenvalue weighted by Crippen LogP contribution is 2.19. The molecule has 0 spiro atoms. The van der Waals surface area contributed by atoms with E-state index in [-0.39, 0.29) is 18.0 Å². The summed E-state index contributed by atoms with van der Waals surface area (Å²) >= 11 is 1.50. The van der Waals surface area contributed by atoms with Crippen molar-refractivity contribution >= 4 is 22.1 Å². The Morgan fingerprint density at radius 1 is 1.50 bits per heavy atom. The smallest absolute Gasteiger partial charge is 0.193 e. The highest BCUT2D eigenvalue weighted by molar-refractivity contribution is 7.15. The fourth-order valence-corrected chi connectivity index (χ4v) is 2.69. The molecule has 0 bridgehead atoms. The highest BCUT2D eigenvalue weighted by atomic mass is 32.1. The molecule has 0 saturated carbocycles. The van der Waals surface area contributed by atoms with E-state index in [4.69, 9.17) is 4.74 Å². The van der Waals surface area contributed by atoms with Crippen LogP contribution >= 0.6 is 11.3 Å². The number of hydrogen-bond donors (Lipinski definition) is 0. The van der Waals surface area contributed by atoms with Crippen LogP contribution in [0.5, 0.6) is 5.75 Å². The van der Waals surface area contributed by atoms with Crippen molar-refractivity contribution in [1.82, 2.24) is 9.38 Å². The third kappa shape index (κ3) is 2.30. The van der Waals surface area contributed by atoms with Crippen molar-refractivity contribution in [1.29, 1.82) is 0 Å². The lowest BCUT2D eigenvalue weighted by molar-refractivity contribution is 0.0991. The van der Waals surface area contributed by atoms with Gasteiger partial charge >= 0.3 is 0 Å². The molecule has 0 saturated heterocycles. The number of carbonyl (C=O) groups excluding carboxylic acids is 1. The van der Waals surface area contributed by atoms with Crippen molar-refractivity contribution < 1.29 is 13.9 Å². The van der Waals surface area contributed by atoms with Crippen LogP contribution in [-0.4, -0.2) is 22.3 Å². The van der Waals surface area contributed by atoms with E-state index in [0.717, 1.165) is 4.96 Å². The lowest BCUT2D eigenvalue weighted by atomic mass is 10.1. The number of hydrogen-bond acceptors (Lipinski definition) is 4. The summed E-state index contributed by atoms with van der Waals surface area (Å²) in [6.45, 7) is 0. The van der Waals surface area contributed by atoms with E-state index in [1.54, 1.807) is 6.07 Å². The van der Waals surface area contributed by atoms with Crippen LogP contribution in [0.15, 0.2) is 36.0 Å². The van der Waals surface area contributed by atoms with Crippen LogP contribution in [0.2, 0.25) is 0 Å². The van der Waals surface area contributed by atoms with Crippen LogP contribution in [-0.2, 0) is 6.42 Å². The lowest BCUT2D eigenvalue weighted by Gasteiger charge is -2.03. The van der Waals surface area contributed by atoms with E-state index < -0.39 is 5.82 Å². The van der Waals surface area contributed by atoms with Crippen molar-refractivity contribution in [2.24, 2.45) is 0 Å². The number of carbonyl (C=O) groups is 1. The molecule has 2 aromatic heterocycles. The normalized spacial score (nSPS) is 10.9. The number of imidazole rings is 1. The second-order valence-corrected chi connectivity index (χ2v) is 5.15. The first-order chi connectivity index (χ1) is 9.67. The van der Waals surface area contributed by atoms with Gasteiger partial charge in [-0.2, -0.15) is 0 Å². The second-order valence-electron chi connectivity index (χ2n) is 4.27. The quantitative estimate of drug-likeness (QED) is 0.694. The third-order valence-electron chi connectivity index (χ3n) is 2.96. The molecule has 102 valence electrons. The first kappa shape index (κ1) is 12.8. The number of fused-ring (bicyclic) bond motifs is 1. The maximum Gasteiger partial charge on any atom is 0.193 e. The van der Waals surface area contributed by atoms with E-state index in [0.29, 0.717) is 11.3 Å². The number of benzene rings is 1. The van der Waals surface area contributed by atoms with Gasteiger partial charge in [-0.1, -0.05) is 0 Å². The number of halogens is 1. The van der Waals surface area contributed by atoms with E-state index in [2.05, 4.69) is 4.98 Å². The SMILES string of the molecule is COc1ccc(C(=O)Cc2cn3ccsc3n2)cc1F. The molecule has 4 nitrogen and oxygen atoms in total. The maximum absolute atomic E-state index is 13.6. The standard InChI is InChI=1S/C14H11FN2O2S/c1-19-13-3-2-9(6-11(13)15)12(18)7-10-8-17-4-5-20-14(17)16-10/h2-6,8H,7H2,1H3. The average molecular weight is 290 g/mol. The Bertz CT molecular complexity index is 750. The number of nitrogens with zero attached hydrogens (tertiary/aromatic N) is 2. The molecule has 6 heteroatoms. The van der Waals surface area contributed by atoms with Crippen LogP contribution in [0, 0.1) is 5.82 Å². The maximum atomic E-state index is 13.6. The Balaban J connectivity index is 1.82. The van der Waals surface area contributed by atoms with Gasteiger partial charge in [0.25, 0.3) is 0 Å². The minimum atomic E-state index is -0.538. The summed E-state index contributed by atoms with van der Waals surface area (Å²) in [5.41, 5.74) is 0.998. The molecule has 0 aliphatic rings. The molecule has 20 heavy (non-hydrogen) atoms. The number of aromatic nitrogens is 2. The van der Waals surface area contributed by atoms with Crippen molar-refractivity contribution in [2.75, 3.05) is 7.11 Å². The van der Waals surface area contributed by atoms with E-state index in [1.807, 2.05) is 22.2 Å². The number of Topliss-reactive ketones (excluding diaryl/α,β-unsaturated/α-hetero) is 1. The average Bonchev–Trinajstić information content (AvgIpc) is 2.99. The molecular formula is C14H11FN2O2S. The minimum Gasteiger partial charge on any atom is -0.494 e. The van der Waals surface area contributed by atoms with Crippen LogP contribution in [0.25, 0.3) is 4.96 Å². The first-order valence-electron chi connectivity index (χ1n) is 5.95. The summed E-state index contributed by atoms with van der Waals surface area (Å²) < 4.78 is 20.3. The van der Waals surface area contributed by atoms with Crippen molar-refractivity contribution in [3.63, 3.8) is 0 Å². The molecule has 1 aromatic carbocycles. The molecule has 0 aliphatic heterocycles. The Hall–Kier alpha value is -2.21. The molecule has 2 heterocycles. The highest BCUT2D eigenvalue weighted by Gasteiger charge is 2.13. The van der Waals surface area contributed by atoms with Gasteiger partial charge in [0.15, 0.2) is 22.3 Å². The summed E-state index contributed by atoms with van der Waals surface area (Å²) in [5.74, 6) is -0.578. The number of methoxy groups -OCH3 is 1. The number of thiazole rings is 1. The van der Waals surface area contributed by atoms with Gasteiger partial charge in [0.1, 0.15) is 0 Å². The van der Waals surface area contributed by atoms with Gasteiger partial charge in [0.2, 0.25) is 0 Å². The molecular weight excluding hydrogens is 279 g/mol. The zero-order valence-corrected chi connectivity index (χ0v) is 11.5. The van der Waals surface area contributed by atoms with Gasteiger partial charge in [-0.3, -0.25) is 9.20 Å². The molecule has 0 amide bonds. The van der Waals surface area contributed by atoms with Crippen LogP contribution in [0.4, 0.5) is 4.39 Å². The van der Waals surface area contributed by atoms with Crippen molar-refractivity contribution in [3.05, 3.63) is 53.0 Å². The molecule has 0 atom stereocenters. The van der Waals surface area contributed by atoms with Crippen LogP contribution < -0.4 is 4.74 Å². The zero-order valence-electron chi connectivity index (χ0n) is 10.7. The number of ether oxygens (including phenoxy) is 1. The monoisotopic (exact) mass is 290 g/mol. The summed E-state index contributed by atoms with van der Waals surface area (Å²) in [5, 5.41) is 1.92.